The number of amides is 1. The van der Waals surface area contributed by atoms with Gasteiger partial charge in [-0.1, -0.05) is 17.7 Å². The lowest BCUT2D eigenvalue weighted by Crippen LogP contribution is -2.32. The summed E-state index contributed by atoms with van der Waals surface area (Å²) in [7, 11) is 0. The van der Waals surface area contributed by atoms with Gasteiger partial charge in [0.05, 0.1) is 0 Å². The van der Waals surface area contributed by atoms with E-state index in [2.05, 4.69) is 16.7 Å². The predicted molar refractivity (Wildman–Crippen MR) is 66.0 cm³/mol. The molecule has 0 aromatic heterocycles. The van der Waals surface area contributed by atoms with Gasteiger partial charge >= 0.3 is 0 Å². The Balaban J connectivity index is 2.72. The largest absolute Gasteiger partial charge is 0.332 e. The van der Waals surface area contributed by atoms with Crippen LogP contribution in [-0.4, -0.2) is 11.0 Å². The summed E-state index contributed by atoms with van der Waals surface area (Å²) in [5.41, 5.74) is 3.21. The maximum atomic E-state index is 10.7. The summed E-state index contributed by atoms with van der Waals surface area (Å²) in [6.07, 6.45) is 0. The van der Waals surface area contributed by atoms with E-state index in [1.165, 1.54) is 12.5 Å². The van der Waals surface area contributed by atoms with Crippen molar-refractivity contribution in [1.82, 2.24) is 5.32 Å². The second-order valence-corrected chi connectivity index (χ2v) is 3.86. The highest BCUT2D eigenvalue weighted by atomic mass is 32.1. The van der Waals surface area contributed by atoms with Crippen molar-refractivity contribution in [3.05, 3.63) is 29.3 Å². The van der Waals surface area contributed by atoms with Gasteiger partial charge < -0.3 is 10.6 Å². The number of rotatable bonds is 1. The molecule has 0 aliphatic carbocycles. The lowest BCUT2D eigenvalue weighted by molar-refractivity contribution is -0.117. The summed E-state index contributed by atoms with van der Waals surface area (Å²) in [5, 5.41) is 5.81. The Bertz CT molecular complexity index is 402. The van der Waals surface area contributed by atoms with E-state index in [1.54, 1.807) is 0 Å². The van der Waals surface area contributed by atoms with Gasteiger partial charge in [0.1, 0.15) is 0 Å². The number of nitrogens with one attached hydrogen (secondary N) is 2. The zero-order valence-electron chi connectivity index (χ0n) is 9.05. The van der Waals surface area contributed by atoms with Crippen molar-refractivity contribution in [3.63, 3.8) is 0 Å². The number of aryl methyl sites for hydroxylation is 2. The second-order valence-electron chi connectivity index (χ2n) is 3.45. The Morgan fingerprint density at radius 3 is 2.53 bits per heavy atom. The number of anilines is 1. The molecule has 0 atom stereocenters. The van der Waals surface area contributed by atoms with Crippen molar-refractivity contribution < 1.29 is 4.79 Å². The summed E-state index contributed by atoms with van der Waals surface area (Å²) in [6, 6.07) is 5.99. The molecular formula is C11H14N2OS. The van der Waals surface area contributed by atoms with Crippen molar-refractivity contribution in [2.45, 2.75) is 20.8 Å². The summed E-state index contributed by atoms with van der Waals surface area (Å²) < 4.78 is 0. The minimum atomic E-state index is -0.169. The smallest absolute Gasteiger partial charge is 0.222 e. The molecule has 1 amide bonds. The summed E-state index contributed by atoms with van der Waals surface area (Å²) in [6.45, 7) is 5.45. The van der Waals surface area contributed by atoms with Gasteiger partial charge in [0, 0.05) is 12.6 Å². The third kappa shape index (κ3) is 3.67. The van der Waals surface area contributed by atoms with E-state index in [0.717, 1.165) is 11.3 Å². The molecule has 2 N–H and O–H groups in total. The molecule has 0 radical (unpaired) electrons. The average Bonchev–Trinajstić information content (AvgIpc) is 2.08. The van der Waals surface area contributed by atoms with Gasteiger partial charge in [-0.3, -0.25) is 4.79 Å². The molecular weight excluding hydrogens is 208 g/mol. The average molecular weight is 222 g/mol. The molecule has 3 nitrogen and oxygen atoms in total. The number of hydrogen-bond acceptors (Lipinski definition) is 2. The van der Waals surface area contributed by atoms with Gasteiger partial charge in [-0.25, -0.2) is 0 Å². The molecule has 0 fully saturated rings. The second kappa shape index (κ2) is 4.89. The van der Waals surface area contributed by atoms with Crippen LogP contribution in [0.3, 0.4) is 0 Å². The molecule has 0 spiro atoms. The van der Waals surface area contributed by atoms with Crippen LogP contribution in [0.4, 0.5) is 5.69 Å². The molecule has 1 rings (SSSR count). The first-order valence-corrected chi connectivity index (χ1v) is 5.05. The van der Waals surface area contributed by atoms with Crippen molar-refractivity contribution in [1.29, 1.82) is 0 Å². The van der Waals surface area contributed by atoms with Crippen LogP contribution in [0.2, 0.25) is 0 Å². The first-order chi connectivity index (χ1) is 6.99. The summed E-state index contributed by atoms with van der Waals surface area (Å²) in [5.74, 6) is -0.169. The molecule has 0 bridgehead atoms. The van der Waals surface area contributed by atoms with Crippen LogP contribution in [0.5, 0.6) is 0 Å². The maximum absolute atomic E-state index is 10.7. The van der Waals surface area contributed by atoms with Gasteiger partial charge in [0.15, 0.2) is 5.11 Å². The number of hydrogen-bond donors (Lipinski definition) is 2. The molecule has 0 aliphatic rings. The predicted octanol–water partition coefficient (Wildman–Crippen LogP) is 2.14. The number of thiocarbonyl (C=S) groups is 1. The Labute approximate surface area is 94.9 Å². The Morgan fingerprint density at radius 2 is 2.00 bits per heavy atom. The van der Waals surface area contributed by atoms with Crippen LogP contribution in [0, 0.1) is 13.8 Å². The molecule has 15 heavy (non-hydrogen) atoms. The molecule has 0 unspecified atom stereocenters. The van der Waals surface area contributed by atoms with Gasteiger partial charge in [-0.2, -0.15) is 0 Å². The van der Waals surface area contributed by atoms with E-state index in [4.69, 9.17) is 12.2 Å². The fourth-order valence-corrected chi connectivity index (χ4v) is 1.52. The highest BCUT2D eigenvalue weighted by Gasteiger charge is 2.02. The third-order valence-electron chi connectivity index (χ3n) is 1.92. The first kappa shape index (κ1) is 11.7. The van der Waals surface area contributed by atoms with Gasteiger partial charge in [-0.15, -0.1) is 0 Å². The van der Waals surface area contributed by atoms with Crippen LogP contribution < -0.4 is 10.6 Å². The number of benzene rings is 1. The maximum Gasteiger partial charge on any atom is 0.222 e. The van der Waals surface area contributed by atoms with Crippen LogP contribution in [0.1, 0.15) is 18.1 Å². The van der Waals surface area contributed by atoms with Crippen molar-refractivity contribution in [3.8, 4) is 0 Å². The normalized spacial score (nSPS) is 9.53. The minimum absolute atomic E-state index is 0.169. The number of carbonyl (C=O) groups is 1. The standard InChI is InChI=1S/C11H14N2OS/c1-7-4-5-10(8(2)6-7)13-11(15)12-9(3)14/h4-6H,1-3H3,(H2,12,13,14,15). The van der Waals surface area contributed by atoms with Gasteiger partial charge in [-0.05, 0) is 37.7 Å². The monoisotopic (exact) mass is 222 g/mol. The molecule has 1 aromatic rings. The highest BCUT2D eigenvalue weighted by molar-refractivity contribution is 7.80. The van der Waals surface area contributed by atoms with Crippen LogP contribution in [-0.2, 0) is 4.79 Å². The SMILES string of the molecule is CC(=O)NC(=S)Nc1ccc(C)cc1C. The molecule has 0 saturated carbocycles. The van der Waals surface area contributed by atoms with E-state index in [1.807, 2.05) is 26.0 Å². The van der Waals surface area contributed by atoms with Gasteiger partial charge in [0.25, 0.3) is 0 Å². The molecule has 0 aliphatic heterocycles. The Kier molecular flexibility index (Phi) is 3.80. The molecule has 4 heteroatoms. The Hall–Kier alpha value is -1.42. The minimum Gasteiger partial charge on any atom is -0.332 e. The van der Waals surface area contributed by atoms with Crippen molar-refractivity contribution in [2.75, 3.05) is 5.32 Å². The van der Waals surface area contributed by atoms with Gasteiger partial charge in [0.2, 0.25) is 5.91 Å². The van der Waals surface area contributed by atoms with E-state index >= 15 is 0 Å². The van der Waals surface area contributed by atoms with E-state index in [0.29, 0.717) is 5.11 Å². The van der Waals surface area contributed by atoms with Crippen molar-refractivity contribution in [2.24, 2.45) is 0 Å². The van der Waals surface area contributed by atoms with E-state index in [9.17, 15) is 4.79 Å². The lowest BCUT2D eigenvalue weighted by Gasteiger charge is -2.10. The fourth-order valence-electron chi connectivity index (χ4n) is 1.27. The molecule has 80 valence electrons. The topological polar surface area (TPSA) is 41.1 Å². The molecule has 0 heterocycles. The first-order valence-electron chi connectivity index (χ1n) is 4.65. The van der Waals surface area contributed by atoms with Crippen molar-refractivity contribution >= 4 is 28.9 Å². The van der Waals surface area contributed by atoms with Crippen LogP contribution in [0.25, 0.3) is 0 Å². The highest BCUT2D eigenvalue weighted by Crippen LogP contribution is 2.15. The number of carbonyl (C=O) groups excluding carboxylic acids is 1. The van der Waals surface area contributed by atoms with E-state index < -0.39 is 0 Å². The van der Waals surface area contributed by atoms with Crippen LogP contribution >= 0.6 is 12.2 Å². The quantitative estimate of drug-likeness (QED) is 0.715. The van der Waals surface area contributed by atoms with Crippen LogP contribution in [0.15, 0.2) is 18.2 Å². The molecule has 0 saturated heterocycles. The summed E-state index contributed by atoms with van der Waals surface area (Å²) >= 11 is 4.96. The fraction of sp³-hybridized carbons (Fsp3) is 0.273. The Morgan fingerprint density at radius 1 is 1.33 bits per heavy atom. The van der Waals surface area contributed by atoms with E-state index in [-0.39, 0.29) is 5.91 Å². The zero-order valence-corrected chi connectivity index (χ0v) is 9.87. The third-order valence-corrected chi connectivity index (χ3v) is 2.12. The molecule has 1 aromatic carbocycles. The lowest BCUT2D eigenvalue weighted by atomic mass is 10.1. The summed E-state index contributed by atoms with van der Waals surface area (Å²) in [4.78, 5) is 10.7. The zero-order chi connectivity index (χ0) is 11.4.